The van der Waals surface area contributed by atoms with Crippen molar-refractivity contribution in [2.75, 3.05) is 20.1 Å². The van der Waals surface area contributed by atoms with E-state index in [1.54, 1.807) is 0 Å². The van der Waals surface area contributed by atoms with E-state index in [-0.39, 0.29) is 0 Å². The van der Waals surface area contributed by atoms with Crippen molar-refractivity contribution in [3.8, 4) is 0 Å². The molecule has 0 radical (unpaired) electrons. The number of hydrogen-bond acceptors (Lipinski definition) is 3. The van der Waals surface area contributed by atoms with Crippen molar-refractivity contribution in [3.05, 3.63) is 18.2 Å². The first kappa shape index (κ1) is 11.6. The molecule has 2 atom stereocenters. The maximum atomic E-state index is 4.38. The van der Waals surface area contributed by atoms with Crippen LogP contribution < -0.4 is 5.32 Å². The molecule has 1 aromatic heterocycles. The number of nitrogens with zero attached hydrogens (tertiary/aromatic N) is 3. The molecule has 0 aliphatic carbocycles. The minimum atomic E-state index is 0.679. The van der Waals surface area contributed by atoms with Gasteiger partial charge in [0, 0.05) is 25.5 Å². The van der Waals surface area contributed by atoms with Crippen LogP contribution in [-0.4, -0.2) is 40.6 Å². The quantitative estimate of drug-likeness (QED) is 0.823. The topological polar surface area (TPSA) is 33.1 Å². The fourth-order valence-electron chi connectivity index (χ4n) is 2.54. The molecule has 2 rings (SSSR count). The van der Waals surface area contributed by atoms with Crippen LogP contribution in [0.25, 0.3) is 0 Å². The molecule has 0 bridgehead atoms. The molecule has 0 spiro atoms. The van der Waals surface area contributed by atoms with E-state index in [1.807, 2.05) is 12.4 Å². The standard InChI is InChI=1S/C12H22N4/c1-10-8-13-5-4-11(10)16(3)9-12-14-6-7-15(12)2/h6-7,10-11,13H,4-5,8-9H2,1-3H3. The minimum Gasteiger partial charge on any atom is -0.337 e. The maximum Gasteiger partial charge on any atom is 0.122 e. The Bertz CT molecular complexity index is 334. The van der Waals surface area contributed by atoms with E-state index in [0.29, 0.717) is 6.04 Å². The molecule has 2 unspecified atom stereocenters. The Morgan fingerprint density at radius 2 is 2.44 bits per heavy atom. The van der Waals surface area contributed by atoms with Gasteiger partial charge in [-0.25, -0.2) is 4.98 Å². The van der Waals surface area contributed by atoms with Gasteiger partial charge in [-0.1, -0.05) is 6.92 Å². The van der Waals surface area contributed by atoms with Gasteiger partial charge in [0.25, 0.3) is 0 Å². The first-order chi connectivity index (χ1) is 7.68. The van der Waals surface area contributed by atoms with Crippen molar-refractivity contribution in [2.45, 2.75) is 25.9 Å². The monoisotopic (exact) mass is 222 g/mol. The maximum absolute atomic E-state index is 4.38. The Balaban J connectivity index is 1.96. The molecule has 1 aliphatic heterocycles. The third-order valence-corrected chi connectivity index (χ3v) is 3.62. The number of nitrogens with one attached hydrogen (secondary N) is 1. The highest BCUT2D eigenvalue weighted by Gasteiger charge is 2.25. The largest absolute Gasteiger partial charge is 0.337 e. The van der Waals surface area contributed by atoms with Crippen LogP contribution in [0.3, 0.4) is 0 Å². The van der Waals surface area contributed by atoms with Gasteiger partial charge in [-0.3, -0.25) is 4.90 Å². The van der Waals surface area contributed by atoms with Crippen LogP contribution in [0.4, 0.5) is 0 Å². The van der Waals surface area contributed by atoms with Crippen LogP contribution in [0.2, 0.25) is 0 Å². The lowest BCUT2D eigenvalue weighted by atomic mass is 9.94. The Kier molecular flexibility index (Phi) is 3.61. The molecule has 1 N–H and O–H groups in total. The molecule has 16 heavy (non-hydrogen) atoms. The third kappa shape index (κ3) is 2.44. The summed E-state index contributed by atoms with van der Waals surface area (Å²) in [5.41, 5.74) is 0. The van der Waals surface area contributed by atoms with Gasteiger partial charge in [-0.2, -0.15) is 0 Å². The summed E-state index contributed by atoms with van der Waals surface area (Å²) < 4.78 is 2.10. The molecule has 2 heterocycles. The zero-order chi connectivity index (χ0) is 11.5. The van der Waals surface area contributed by atoms with Crippen molar-refractivity contribution in [1.82, 2.24) is 19.8 Å². The van der Waals surface area contributed by atoms with Gasteiger partial charge >= 0.3 is 0 Å². The molecule has 1 aliphatic rings. The molecule has 4 nitrogen and oxygen atoms in total. The summed E-state index contributed by atoms with van der Waals surface area (Å²) in [7, 11) is 4.27. The molecule has 4 heteroatoms. The van der Waals surface area contributed by atoms with E-state index in [2.05, 4.69) is 40.8 Å². The number of aryl methyl sites for hydroxylation is 1. The molecule has 0 amide bonds. The summed E-state index contributed by atoms with van der Waals surface area (Å²) in [6.07, 6.45) is 5.12. The van der Waals surface area contributed by atoms with Crippen LogP contribution in [0.5, 0.6) is 0 Å². The fraction of sp³-hybridized carbons (Fsp3) is 0.750. The summed E-state index contributed by atoms with van der Waals surface area (Å²) in [6, 6.07) is 0.679. The summed E-state index contributed by atoms with van der Waals surface area (Å²) in [6.45, 7) is 5.54. The number of hydrogen-bond donors (Lipinski definition) is 1. The second-order valence-electron chi connectivity index (χ2n) is 4.91. The predicted molar refractivity (Wildman–Crippen MR) is 65.1 cm³/mol. The molecule has 1 saturated heterocycles. The summed E-state index contributed by atoms with van der Waals surface area (Å²) in [5.74, 6) is 1.87. The van der Waals surface area contributed by atoms with Gasteiger partial charge in [0.2, 0.25) is 0 Å². The number of aromatic nitrogens is 2. The SMILES string of the molecule is CC1CNCCC1N(C)Cc1nccn1C. The average molecular weight is 222 g/mol. The lowest BCUT2D eigenvalue weighted by molar-refractivity contribution is 0.138. The lowest BCUT2D eigenvalue weighted by Crippen LogP contribution is -2.47. The van der Waals surface area contributed by atoms with Gasteiger partial charge in [0.05, 0.1) is 6.54 Å². The number of rotatable bonds is 3. The second kappa shape index (κ2) is 4.97. The second-order valence-corrected chi connectivity index (χ2v) is 4.91. The van der Waals surface area contributed by atoms with Gasteiger partial charge in [0.15, 0.2) is 0 Å². The molecule has 0 saturated carbocycles. The van der Waals surface area contributed by atoms with E-state index >= 15 is 0 Å². The Morgan fingerprint density at radius 3 is 3.06 bits per heavy atom. The van der Waals surface area contributed by atoms with E-state index in [4.69, 9.17) is 0 Å². The van der Waals surface area contributed by atoms with Crippen LogP contribution in [-0.2, 0) is 13.6 Å². The molecule has 1 aromatic rings. The van der Waals surface area contributed by atoms with Crippen molar-refractivity contribution < 1.29 is 0 Å². The van der Waals surface area contributed by atoms with E-state index in [1.165, 1.54) is 6.42 Å². The molecule has 90 valence electrons. The Hall–Kier alpha value is -0.870. The summed E-state index contributed by atoms with van der Waals surface area (Å²) in [4.78, 5) is 6.82. The number of piperidine rings is 1. The van der Waals surface area contributed by atoms with Crippen LogP contribution in [0.15, 0.2) is 12.4 Å². The first-order valence-corrected chi connectivity index (χ1v) is 6.05. The van der Waals surface area contributed by atoms with Gasteiger partial charge in [-0.15, -0.1) is 0 Å². The zero-order valence-corrected chi connectivity index (χ0v) is 10.5. The normalized spacial score (nSPS) is 26.2. The number of imidazole rings is 1. The van der Waals surface area contributed by atoms with Crippen molar-refractivity contribution >= 4 is 0 Å². The van der Waals surface area contributed by atoms with E-state index < -0.39 is 0 Å². The van der Waals surface area contributed by atoms with E-state index in [0.717, 1.165) is 31.4 Å². The minimum absolute atomic E-state index is 0.679. The molecule has 0 aromatic carbocycles. The fourth-order valence-corrected chi connectivity index (χ4v) is 2.54. The van der Waals surface area contributed by atoms with Crippen molar-refractivity contribution in [1.29, 1.82) is 0 Å². The van der Waals surface area contributed by atoms with Crippen LogP contribution >= 0.6 is 0 Å². The Morgan fingerprint density at radius 1 is 1.62 bits per heavy atom. The highest BCUT2D eigenvalue weighted by atomic mass is 15.2. The van der Waals surface area contributed by atoms with Gasteiger partial charge in [-0.05, 0) is 32.5 Å². The molecule has 1 fully saturated rings. The smallest absolute Gasteiger partial charge is 0.122 e. The summed E-state index contributed by atoms with van der Waals surface area (Å²) >= 11 is 0. The predicted octanol–water partition coefficient (Wildman–Crippen LogP) is 0.850. The van der Waals surface area contributed by atoms with Gasteiger partial charge in [0.1, 0.15) is 5.82 Å². The third-order valence-electron chi connectivity index (χ3n) is 3.62. The zero-order valence-electron chi connectivity index (χ0n) is 10.5. The average Bonchev–Trinajstić information content (AvgIpc) is 2.65. The Labute approximate surface area is 97.7 Å². The van der Waals surface area contributed by atoms with Gasteiger partial charge < -0.3 is 9.88 Å². The molecular weight excluding hydrogens is 200 g/mol. The van der Waals surface area contributed by atoms with Crippen molar-refractivity contribution in [3.63, 3.8) is 0 Å². The highest BCUT2D eigenvalue weighted by molar-refractivity contribution is 4.92. The summed E-state index contributed by atoms with van der Waals surface area (Å²) in [5, 5.41) is 3.44. The first-order valence-electron chi connectivity index (χ1n) is 6.05. The van der Waals surface area contributed by atoms with E-state index in [9.17, 15) is 0 Å². The lowest BCUT2D eigenvalue weighted by Gasteiger charge is -2.36. The van der Waals surface area contributed by atoms with Crippen LogP contribution in [0, 0.1) is 5.92 Å². The highest BCUT2D eigenvalue weighted by Crippen LogP contribution is 2.17. The van der Waals surface area contributed by atoms with Crippen LogP contribution in [0.1, 0.15) is 19.2 Å². The van der Waals surface area contributed by atoms with Crippen molar-refractivity contribution in [2.24, 2.45) is 13.0 Å². The molecular formula is C12H22N4.